The van der Waals surface area contributed by atoms with Gasteiger partial charge in [0.25, 0.3) is 0 Å². The van der Waals surface area contributed by atoms with Gasteiger partial charge in [-0.15, -0.1) is 10.2 Å². The fourth-order valence-electron chi connectivity index (χ4n) is 7.25. The Labute approximate surface area is 406 Å². The van der Waals surface area contributed by atoms with Crippen LogP contribution in [0.2, 0.25) is 0 Å². The highest BCUT2D eigenvalue weighted by Gasteiger charge is 2.41. The summed E-state index contributed by atoms with van der Waals surface area (Å²) in [6.07, 6.45) is -0.0545. The summed E-state index contributed by atoms with van der Waals surface area (Å²) in [7, 11) is -2.63. The van der Waals surface area contributed by atoms with Crippen molar-refractivity contribution in [3.8, 4) is 28.6 Å². The van der Waals surface area contributed by atoms with Crippen LogP contribution in [-0.4, -0.2) is 118 Å². The average Bonchev–Trinajstić information content (AvgIpc) is 3.85. The number of hydrogen-bond donors (Lipinski definition) is 2. The molecule has 346 valence electrons. The van der Waals surface area contributed by atoms with E-state index in [-0.39, 0.29) is 55.0 Å². The zero-order valence-electron chi connectivity index (χ0n) is 36.7. The molecule has 1 aliphatic rings. The van der Waals surface area contributed by atoms with Crippen LogP contribution in [0.1, 0.15) is 43.9 Å². The highest BCUT2D eigenvalue weighted by Crippen LogP contribution is 2.38. The van der Waals surface area contributed by atoms with Gasteiger partial charge in [-0.2, -0.15) is 9.10 Å². The molecule has 64 heavy (non-hydrogen) atoms. The first-order chi connectivity index (χ1) is 29.8. The molecule has 6 rings (SSSR count). The largest absolute Gasteiger partial charge is 1.00 e. The second kappa shape index (κ2) is 21.4. The Morgan fingerprint density at radius 2 is 1.38 bits per heavy atom. The number of nitrogens with zero attached hydrogens (tertiary/aromatic N) is 6. The van der Waals surface area contributed by atoms with Crippen molar-refractivity contribution in [2.75, 3.05) is 54.6 Å². The van der Waals surface area contributed by atoms with E-state index in [0.717, 1.165) is 5.56 Å². The molecule has 2 heterocycles. The van der Waals surface area contributed by atoms with Gasteiger partial charge in [0.1, 0.15) is 32.6 Å². The van der Waals surface area contributed by atoms with Crippen molar-refractivity contribution in [3.63, 3.8) is 0 Å². The lowest BCUT2D eigenvalue weighted by atomic mass is 10.2. The quantitative estimate of drug-likeness (QED) is 0.0964. The van der Waals surface area contributed by atoms with E-state index >= 15 is 8.42 Å². The highest BCUT2D eigenvalue weighted by molar-refractivity contribution is 14.1. The number of aromatic nitrogens is 4. The number of sulfonamides is 2. The third-order valence-electron chi connectivity index (χ3n) is 10.5. The fraction of sp³-hybridized carbons (Fsp3) is 0.395. The van der Waals surface area contributed by atoms with Gasteiger partial charge in [0.15, 0.2) is 0 Å². The van der Waals surface area contributed by atoms with E-state index in [1.54, 1.807) is 109 Å². The van der Waals surface area contributed by atoms with Gasteiger partial charge < -0.3 is 52.7 Å². The first-order valence-electron chi connectivity index (χ1n) is 20.1. The molecule has 17 nitrogen and oxygen atoms in total. The summed E-state index contributed by atoms with van der Waals surface area (Å²) in [6.45, 7) is 7.17. The van der Waals surface area contributed by atoms with Crippen LogP contribution >= 0.6 is 22.6 Å². The highest BCUT2D eigenvalue weighted by atomic mass is 127. The molecule has 4 aromatic carbocycles. The van der Waals surface area contributed by atoms with Crippen molar-refractivity contribution >= 4 is 48.7 Å². The molecular weight excluding hydrogens is 1090 g/mol. The lowest BCUT2D eigenvalue weighted by molar-refractivity contribution is -0.896. The summed E-state index contributed by atoms with van der Waals surface area (Å²) in [4.78, 5) is 12.7. The molecule has 2 atom stereocenters. The number of rotatable bonds is 18. The van der Waals surface area contributed by atoms with Crippen molar-refractivity contribution < 1.29 is 69.0 Å². The van der Waals surface area contributed by atoms with Crippen molar-refractivity contribution in [2.24, 2.45) is 0 Å². The minimum absolute atomic E-state index is 0. The Morgan fingerprint density at radius 1 is 0.844 bits per heavy atom. The number of hydrogen-bond acceptors (Lipinski definition) is 12. The Kier molecular flexibility index (Phi) is 17.0. The number of carbonyl (C=O) groups excluding carboxylic acids is 1. The van der Waals surface area contributed by atoms with Gasteiger partial charge >= 0.3 is 6.09 Å². The van der Waals surface area contributed by atoms with Crippen molar-refractivity contribution in [3.05, 3.63) is 105 Å². The number of tetrazole rings is 1. The molecule has 0 spiro atoms. The normalized spacial score (nSPS) is 16.5. The van der Waals surface area contributed by atoms with Gasteiger partial charge in [0.2, 0.25) is 25.9 Å². The van der Waals surface area contributed by atoms with Crippen LogP contribution in [0.4, 0.5) is 4.79 Å². The number of halogens is 2. The molecule has 0 saturated carbocycles. The summed E-state index contributed by atoms with van der Waals surface area (Å²) in [6, 6.07) is 23.6. The molecule has 0 bridgehead atoms. The topological polar surface area (TPSA) is 193 Å². The van der Waals surface area contributed by atoms with Gasteiger partial charge in [0.05, 0.1) is 72.7 Å². The average molecular weight is 1140 g/mol. The van der Waals surface area contributed by atoms with Crippen LogP contribution < -0.4 is 48.2 Å². The number of quaternary nitrogens is 1. The molecule has 1 unspecified atom stereocenters. The van der Waals surface area contributed by atoms with Gasteiger partial charge in [0, 0.05) is 23.1 Å². The van der Waals surface area contributed by atoms with E-state index in [1.807, 2.05) is 41.8 Å². The lowest BCUT2D eigenvalue weighted by Crippen LogP contribution is -3.00. The van der Waals surface area contributed by atoms with Crippen molar-refractivity contribution in [1.29, 1.82) is 0 Å². The fourth-order valence-corrected chi connectivity index (χ4v) is 11.8. The standard InChI is InChI=1S/C43H53IN8O9S2.HI/c1-43(2,3)61-42(53)45-23-25-52(4)24-22-33(29-52)48-62(54,55)38-21-20-37(44)39(41-46-49-51(47-41)28-32-12-18-36(60-7)19-13-32)40(38)63(56,57)50(26-30-8-14-34(58-5)15-9-30)27-31-10-16-35(59-6)17-11-31;/h8-21,33,48H,22-29H2,1-7H3;1H/t33-,52?;/m0./s1. The van der Waals surface area contributed by atoms with E-state index in [4.69, 9.17) is 18.9 Å². The van der Waals surface area contributed by atoms with Crippen LogP contribution in [-0.2, 0) is 44.4 Å². The minimum Gasteiger partial charge on any atom is -1.00 e. The molecule has 1 aliphatic heterocycles. The van der Waals surface area contributed by atoms with E-state index in [9.17, 15) is 13.2 Å². The molecule has 1 saturated heterocycles. The van der Waals surface area contributed by atoms with Crippen LogP contribution in [0.5, 0.6) is 17.2 Å². The zero-order chi connectivity index (χ0) is 45.6. The monoisotopic (exact) mass is 1140 g/mol. The smallest absolute Gasteiger partial charge is 0.407 e. The first-order valence-corrected chi connectivity index (χ1v) is 24.1. The Balaban J connectivity index is 0.00000771. The number of methoxy groups -OCH3 is 3. The van der Waals surface area contributed by atoms with Crippen molar-refractivity contribution in [2.45, 2.75) is 68.3 Å². The number of likely N-dealkylation sites (N-methyl/N-ethyl adjacent to an activating group) is 1. The number of likely N-dealkylation sites (tertiary alicyclic amines) is 1. The maximum absolute atomic E-state index is 15.6. The maximum atomic E-state index is 15.6. The summed E-state index contributed by atoms with van der Waals surface area (Å²) < 4.78 is 87.1. The Bertz CT molecular complexity index is 2540. The Morgan fingerprint density at radius 3 is 1.89 bits per heavy atom. The minimum atomic E-state index is -4.73. The molecule has 5 aromatic rings. The molecule has 1 fully saturated rings. The van der Waals surface area contributed by atoms with Crippen molar-refractivity contribution in [1.82, 2.24) is 34.6 Å². The first kappa shape index (κ1) is 50.9. The number of benzene rings is 4. The maximum Gasteiger partial charge on any atom is 0.407 e. The van der Waals surface area contributed by atoms with Gasteiger partial charge in [-0.3, -0.25) is 0 Å². The predicted octanol–water partition coefficient (Wildman–Crippen LogP) is 2.44. The molecule has 0 radical (unpaired) electrons. The van der Waals surface area contributed by atoms with Gasteiger partial charge in [-0.1, -0.05) is 36.4 Å². The second-order valence-electron chi connectivity index (χ2n) is 16.5. The molecule has 1 amide bonds. The van der Waals surface area contributed by atoms with Gasteiger partial charge in [-0.25, -0.2) is 26.4 Å². The summed E-state index contributed by atoms with van der Waals surface area (Å²) in [5.74, 6) is 1.78. The van der Waals surface area contributed by atoms with Crippen LogP contribution in [0.3, 0.4) is 0 Å². The van der Waals surface area contributed by atoms with Crippen LogP contribution in [0, 0.1) is 3.57 Å². The number of carbonyl (C=O) groups is 1. The van der Waals surface area contributed by atoms with Crippen LogP contribution in [0.15, 0.2) is 94.7 Å². The summed E-state index contributed by atoms with van der Waals surface area (Å²) in [5, 5.41) is 16.0. The third kappa shape index (κ3) is 13.0. The lowest BCUT2D eigenvalue weighted by Gasteiger charge is -2.30. The van der Waals surface area contributed by atoms with E-state index in [2.05, 4.69) is 25.4 Å². The summed E-state index contributed by atoms with van der Waals surface area (Å²) in [5.41, 5.74) is 1.45. The van der Waals surface area contributed by atoms with E-state index < -0.39 is 47.6 Å². The summed E-state index contributed by atoms with van der Waals surface area (Å²) >= 11 is 1.98. The molecule has 21 heteroatoms. The SMILES string of the molecule is COc1ccc(CN(Cc2ccc(OC)cc2)S(=O)(=O)c2c(S(=O)(=O)N[C@H]3CC[N+](C)(CCNC(=O)OC(C)(C)C)C3)ccc(I)c2-c2nnn(Cc3ccc(OC)cc3)n2)cc1.[I-]. The second-order valence-corrected chi connectivity index (χ2v) is 21.2. The third-order valence-corrected chi connectivity index (χ3v) is 14.9. The molecule has 1 aromatic heterocycles. The number of amides is 1. The van der Waals surface area contributed by atoms with E-state index in [1.165, 1.54) is 15.2 Å². The number of ether oxygens (including phenoxy) is 4. The predicted molar refractivity (Wildman–Crippen MR) is 244 cm³/mol. The molecule has 2 N–H and O–H groups in total. The molecular formula is C43H54I2N8O9S2. The number of alkyl carbamates (subject to hydrolysis) is 1. The zero-order valence-corrected chi connectivity index (χ0v) is 42.7. The Hall–Kier alpha value is -4.14. The van der Waals surface area contributed by atoms with E-state index in [0.29, 0.717) is 69.0 Å². The van der Waals surface area contributed by atoms with Crippen LogP contribution in [0.25, 0.3) is 11.4 Å². The number of nitrogens with one attached hydrogen (secondary N) is 2. The van der Waals surface area contributed by atoms with Gasteiger partial charge in [-0.05, 0) is 114 Å². The molecule has 0 aliphatic carbocycles.